The molecule has 0 saturated heterocycles. The molecule has 7 nitrogen and oxygen atoms in total. The predicted octanol–water partition coefficient (Wildman–Crippen LogP) is 3.19. The second-order valence-electron chi connectivity index (χ2n) is 6.39. The smallest absolute Gasteiger partial charge is 0.191 e. The van der Waals surface area contributed by atoms with Gasteiger partial charge in [0.1, 0.15) is 17.1 Å². The predicted molar refractivity (Wildman–Crippen MR) is 121 cm³/mol. The van der Waals surface area contributed by atoms with Crippen molar-refractivity contribution in [3.8, 4) is 11.5 Å². The first kappa shape index (κ1) is 24.1. The van der Waals surface area contributed by atoms with Crippen LogP contribution in [0.3, 0.4) is 0 Å². The zero-order chi connectivity index (χ0) is 19.9. The summed E-state index contributed by atoms with van der Waals surface area (Å²) in [5.41, 5.74) is -0.250. The largest absolute Gasteiger partial charge is 0.493 e. The fourth-order valence-corrected chi connectivity index (χ4v) is 2.65. The minimum atomic E-state index is -1.15. The highest BCUT2D eigenvalue weighted by molar-refractivity contribution is 14.0. The van der Waals surface area contributed by atoms with E-state index in [-0.39, 0.29) is 30.5 Å². The third-order valence-corrected chi connectivity index (χ3v) is 4.11. The molecule has 1 heterocycles. The third kappa shape index (κ3) is 6.30. The minimum Gasteiger partial charge on any atom is -0.493 e. The average Bonchev–Trinajstić information content (AvgIpc) is 3.11. The molecule has 28 heavy (non-hydrogen) atoms. The van der Waals surface area contributed by atoms with Gasteiger partial charge in [-0.25, -0.2) is 4.99 Å². The number of rotatable bonds is 8. The van der Waals surface area contributed by atoms with Crippen LogP contribution >= 0.6 is 24.0 Å². The molecule has 3 N–H and O–H groups in total. The number of methoxy groups -OCH3 is 2. The number of ether oxygens (including phenoxy) is 2. The molecule has 2 aromatic rings. The van der Waals surface area contributed by atoms with Gasteiger partial charge in [-0.2, -0.15) is 0 Å². The Bertz CT molecular complexity index is 775. The number of nitrogens with zero attached hydrogens (tertiary/aromatic N) is 1. The summed E-state index contributed by atoms with van der Waals surface area (Å²) in [6.07, 6.45) is 0. The number of aliphatic hydroxyl groups is 1. The molecule has 156 valence electrons. The maximum Gasteiger partial charge on any atom is 0.191 e. The van der Waals surface area contributed by atoms with Gasteiger partial charge in [0.05, 0.1) is 27.3 Å². The number of hydrogen-bond acceptors (Lipinski definition) is 5. The lowest BCUT2D eigenvalue weighted by atomic mass is 10.0. The molecule has 0 fully saturated rings. The summed E-state index contributed by atoms with van der Waals surface area (Å²) in [5, 5.41) is 17.0. The van der Waals surface area contributed by atoms with Crippen LogP contribution in [-0.2, 0) is 12.1 Å². The topological polar surface area (TPSA) is 88.3 Å². The molecule has 0 aliphatic carbocycles. The second-order valence-corrected chi connectivity index (χ2v) is 6.39. The molecule has 1 atom stereocenters. The Hall–Kier alpha value is -1.94. The van der Waals surface area contributed by atoms with Gasteiger partial charge in [0, 0.05) is 12.1 Å². The quantitative estimate of drug-likeness (QED) is 0.292. The normalized spacial score (nSPS) is 13.3. The number of halogens is 1. The Morgan fingerprint density at radius 3 is 2.50 bits per heavy atom. The Kier molecular flexibility index (Phi) is 9.60. The van der Waals surface area contributed by atoms with Gasteiger partial charge in [-0.3, -0.25) is 0 Å². The summed E-state index contributed by atoms with van der Waals surface area (Å²) < 4.78 is 16.3. The molecule has 8 heteroatoms. The lowest BCUT2D eigenvalue weighted by Crippen LogP contribution is -2.44. The van der Waals surface area contributed by atoms with Crippen LogP contribution in [0.15, 0.2) is 39.7 Å². The first-order valence-corrected chi connectivity index (χ1v) is 8.92. The van der Waals surface area contributed by atoms with Crippen molar-refractivity contribution in [1.82, 2.24) is 10.6 Å². The number of benzene rings is 1. The average molecular weight is 503 g/mol. The van der Waals surface area contributed by atoms with Crippen molar-refractivity contribution in [1.29, 1.82) is 0 Å². The van der Waals surface area contributed by atoms with Crippen LogP contribution in [-0.4, -0.2) is 38.4 Å². The highest BCUT2D eigenvalue weighted by atomic mass is 127. The van der Waals surface area contributed by atoms with Gasteiger partial charge in [-0.05, 0) is 39.0 Å². The van der Waals surface area contributed by atoms with E-state index in [0.717, 1.165) is 11.3 Å². The third-order valence-electron chi connectivity index (χ3n) is 4.11. The molecule has 0 radical (unpaired) electrons. The van der Waals surface area contributed by atoms with Gasteiger partial charge in [0.25, 0.3) is 0 Å². The Labute approximate surface area is 183 Å². The zero-order valence-electron chi connectivity index (χ0n) is 17.0. The van der Waals surface area contributed by atoms with Crippen molar-refractivity contribution in [2.24, 2.45) is 4.99 Å². The Balaban J connectivity index is 0.00000392. The van der Waals surface area contributed by atoms with E-state index in [1.54, 1.807) is 27.2 Å². The first-order valence-electron chi connectivity index (χ1n) is 8.92. The first-order chi connectivity index (χ1) is 12.9. The van der Waals surface area contributed by atoms with Crippen LogP contribution in [0.2, 0.25) is 0 Å². The molecule has 0 bridgehead atoms. The molecule has 0 amide bonds. The molecule has 1 aromatic carbocycles. The summed E-state index contributed by atoms with van der Waals surface area (Å²) in [6, 6.07) is 9.30. The van der Waals surface area contributed by atoms with Crippen molar-refractivity contribution in [3.05, 3.63) is 47.4 Å². The summed E-state index contributed by atoms with van der Waals surface area (Å²) in [7, 11) is 3.21. The van der Waals surface area contributed by atoms with Crippen LogP contribution in [0.1, 0.15) is 30.9 Å². The summed E-state index contributed by atoms with van der Waals surface area (Å²) in [6.45, 7) is 6.88. The zero-order valence-corrected chi connectivity index (χ0v) is 19.4. The maximum atomic E-state index is 10.7. The summed E-state index contributed by atoms with van der Waals surface area (Å²) in [4.78, 5) is 4.59. The van der Waals surface area contributed by atoms with Crippen LogP contribution in [0.5, 0.6) is 11.5 Å². The molecule has 0 spiro atoms. The van der Waals surface area contributed by atoms with Gasteiger partial charge in [-0.1, -0.05) is 12.1 Å². The molecule has 1 unspecified atom stereocenters. The number of guanidine groups is 1. The van der Waals surface area contributed by atoms with Crippen LogP contribution in [0.25, 0.3) is 0 Å². The summed E-state index contributed by atoms with van der Waals surface area (Å²) >= 11 is 0. The van der Waals surface area contributed by atoms with Gasteiger partial charge >= 0.3 is 0 Å². The number of aliphatic imine (C=N–C) groups is 1. The number of para-hydroxylation sites is 1. The van der Waals surface area contributed by atoms with Gasteiger partial charge in [0.15, 0.2) is 17.5 Å². The van der Waals surface area contributed by atoms with E-state index in [4.69, 9.17) is 13.9 Å². The van der Waals surface area contributed by atoms with E-state index in [0.29, 0.717) is 36.3 Å². The van der Waals surface area contributed by atoms with Crippen molar-refractivity contribution >= 4 is 29.9 Å². The molecular weight excluding hydrogens is 473 g/mol. The molecular formula is C20H30IN3O4. The molecule has 1 aromatic heterocycles. The van der Waals surface area contributed by atoms with Crippen molar-refractivity contribution in [2.45, 2.75) is 32.9 Å². The number of aryl methyl sites for hydroxylation is 1. The van der Waals surface area contributed by atoms with Gasteiger partial charge < -0.3 is 29.6 Å². The van der Waals surface area contributed by atoms with Crippen molar-refractivity contribution < 1.29 is 19.0 Å². The van der Waals surface area contributed by atoms with Crippen LogP contribution in [0.4, 0.5) is 0 Å². The van der Waals surface area contributed by atoms with Gasteiger partial charge in [-0.15, -0.1) is 24.0 Å². The van der Waals surface area contributed by atoms with E-state index in [2.05, 4.69) is 15.6 Å². The molecule has 0 aliphatic rings. The summed E-state index contributed by atoms with van der Waals surface area (Å²) in [5.74, 6) is 3.19. The van der Waals surface area contributed by atoms with Gasteiger partial charge in [0.2, 0.25) is 0 Å². The Morgan fingerprint density at radius 1 is 1.18 bits per heavy atom. The van der Waals surface area contributed by atoms with Crippen LogP contribution in [0, 0.1) is 6.92 Å². The molecule has 0 saturated carbocycles. The van der Waals surface area contributed by atoms with Crippen molar-refractivity contribution in [2.75, 3.05) is 27.3 Å². The van der Waals surface area contributed by atoms with E-state index < -0.39 is 5.60 Å². The van der Waals surface area contributed by atoms with E-state index in [1.165, 1.54) is 0 Å². The van der Waals surface area contributed by atoms with E-state index >= 15 is 0 Å². The Morgan fingerprint density at radius 2 is 1.93 bits per heavy atom. The number of nitrogens with one attached hydrogen (secondary N) is 2. The van der Waals surface area contributed by atoms with E-state index in [1.807, 2.05) is 38.1 Å². The lowest BCUT2D eigenvalue weighted by Gasteiger charge is -2.23. The van der Waals surface area contributed by atoms with E-state index in [9.17, 15) is 5.11 Å². The standard InChI is InChI=1S/C20H29N3O4.HI/c1-6-21-19(23-13-20(3,24)17-11-10-14(2)27-17)22-12-15-8-7-9-16(25-4)18(15)26-5;/h7-11,24H,6,12-13H2,1-5H3,(H2,21,22,23);1H. The second kappa shape index (κ2) is 11.2. The monoisotopic (exact) mass is 503 g/mol. The number of hydrogen-bond donors (Lipinski definition) is 3. The molecule has 2 rings (SSSR count). The van der Waals surface area contributed by atoms with Crippen molar-refractivity contribution in [3.63, 3.8) is 0 Å². The highest BCUT2D eigenvalue weighted by Crippen LogP contribution is 2.31. The SMILES string of the molecule is CCNC(=NCc1cccc(OC)c1OC)NCC(C)(O)c1ccc(C)o1.I. The highest BCUT2D eigenvalue weighted by Gasteiger charge is 2.27. The van der Waals surface area contributed by atoms with Crippen LogP contribution < -0.4 is 20.1 Å². The maximum absolute atomic E-state index is 10.7. The fraction of sp³-hybridized carbons (Fsp3) is 0.450. The number of furan rings is 1. The molecule has 0 aliphatic heterocycles. The fourth-order valence-electron chi connectivity index (χ4n) is 2.65. The minimum absolute atomic E-state index is 0. The lowest BCUT2D eigenvalue weighted by molar-refractivity contribution is 0.0378.